The van der Waals surface area contributed by atoms with Gasteiger partial charge in [0.15, 0.2) is 0 Å². The maximum atomic E-state index is 5.55. The van der Waals surface area contributed by atoms with Gasteiger partial charge in [0.25, 0.3) is 0 Å². The van der Waals surface area contributed by atoms with Gasteiger partial charge in [-0.2, -0.15) is 0 Å². The second-order valence-corrected chi connectivity index (χ2v) is 8.04. The van der Waals surface area contributed by atoms with Crippen molar-refractivity contribution >= 4 is 11.4 Å². The van der Waals surface area contributed by atoms with Crippen LogP contribution in [-0.4, -0.2) is 80.8 Å². The lowest BCUT2D eigenvalue weighted by Crippen LogP contribution is -2.48. The van der Waals surface area contributed by atoms with Gasteiger partial charge in [-0.25, -0.2) is 5.01 Å². The van der Waals surface area contributed by atoms with Gasteiger partial charge in [0.1, 0.15) is 5.75 Å². The van der Waals surface area contributed by atoms with Gasteiger partial charge in [-0.15, -0.1) is 0 Å². The van der Waals surface area contributed by atoms with Gasteiger partial charge in [0, 0.05) is 45.8 Å². The van der Waals surface area contributed by atoms with Crippen LogP contribution in [0.2, 0.25) is 0 Å². The van der Waals surface area contributed by atoms with Gasteiger partial charge in [0.2, 0.25) is 0 Å². The van der Waals surface area contributed by atoms with Crippen LogP contribution in [0.5, 0.6) is 5.75 Å². The normalized spacial score (nSPS) is 15.2. The molecule has 31 heavy (non-hydrogen) atoms. The highest BCUT2D eigenvalue weighted by atomic mass is 16.5. The third-order valence-corrected chi connectivity index (χ3v) is 6.06. The molecule has 1 heterocycles. The molecular formula is C25H39N5O. The summed E-state index contributed by atoms with van der Waals surface area (Å²) in [5.74, 6) is 0.885. The van der Waals surface area contributed by atoms with E-state index >= 15 is 0 Å². The second-order valence-electron chi connectivity index (χ2n) is 8.04. The molecule has 2 aromatic carbocycles. The Kier molecular flexibility index (Phi) is 9.46. The number of nitrogens with one attached hydrogen (secondary N) is 2. The number of piperazine rings is 1. The van der Waals surface area contributed by atoms with Crippen LogP contribution in [0.3, 0.4) is 0 Å². The first kappa shape index (κ1) is 23.4. The minimum atomic E-state index is 0.885. The third-order valence-electron chi connectivity index (χ3n) is 6.06. The van der Waals surface area contributed by atoms with E-state index in [2.05, 4.69) is 81.9 Å². The van der Waals surface area contributed by atoms with Crippen LogP contribution in [0.25, 0.3) is 0 Å². The van der Waals surface area contributed by atoms with E-state index < -0.39 is 0 Å². The Morgan fingerprint density at radius 2 is 1.71 bits per heavy atom. The number of hydrazine groups is 1. The van der Waals surface area contributed by atoms with Gasteiger partial charge < -0.3 is 25.3 Å². The van der Waals surface area contributed by atoms with E-state index in [1.807, 2.05) is 6.07 Å². The number of hydrogen-bond acceptors (Lipinski definition) is 6. The van der Waals surface area contributed by atoms with Crippen LogP contribution in [-0.2, 0) is 6.42 Å². The van der Waals surface area contributed by atoms with Crippen LogP contribution < -0.4 is 15.5 Å². The number of nitrogens with zero attached hydrogens (tertiary/aromatic N) is 3. The zero-order valence-corrected chi connectivity index (χ0v) is 19.4. The third kappa shape index (κ3) is 7.42. The standard InChI is InChI=1S/C25H39N5O/c1-4-28(5-2)16-14-26-24-21-23(11-12-25(24)31-3)27-30-19-17-29(18-20-30)15-13-22-9-7-6-8-10-22/h6-12,21,26-27H,4-5,13-20H2,1-3H3. The molecule has 0 spiro atoms. The Labute approximate surface area is 188 Å². The molecule has 6 heteroatoms. The highest BCUT2D eigenvalue weighted by Crippen LogP contribution is 2.28. The highest BCUT2D eigenvalue weighted by Gasteiger charge is 2.17. The number of likely N-dealkylation sites (N-methyl/N-ethyl adjacent to an activating group) is 1. The summed E-state index contributed by atoms with van der Waals surface area (Å²) in [5, 5.41) is 5.87. The molecule has 170 valence electrons. The molecule has 2 aromatic rings. The van der Waals surface area contributed by atoms with Crippen molar-refractivity contribution in [3.05, 3.63) is 54.1 Å². The quantitative estimate of drug-likeness (QED) is 0.541. The van der Waals surface area contributed by atoms with Crippen molar-refractivity contribution in [3.8, 4) is 5.75 Å². The summed E-state index contributed by atoms with van der Waals surface area (Å²) in [5.41, 5.74) is 7.15. The van der Waals surface area contributed by atoms with Crippen molar-refractivity contribution in [2.75, 3.05) is 76.8 Å². The minimum Gasteiger partial charge on any atom is -0.495 e. The zero-order chi connectivity index (χ0) is 21.9. The van der Waals surface area contributed by atoms with Gasteiger partial charge in [-0.1, -0.05) is 44.2 Å². The van der Waals surface area contributed by atoms with E-state index in [0.717, 1.165) is 82.4 Å². The van der Waals surface area contributed by atoms with Crippen molar-refractivity contribution < 1.29 is 4.74 Å². The molecule has 1 aliphatic heterocycles. The molecule has 1 aliphatic rings. The molecule has 0 amide bonds. The van der Waals surface area contributed by atoms with Gasteiger partial charge in [-0.3, -0.25) is 0 Å². The van der Waals surface area contributed by atoms with Crippen LogP contribution in [0.1, 0.15) is 19.4 Å². The summed E-state index contributed by atoms with van der Waals surface area (Å²) in [4.78, 5) is 4.97. The average Bonchev–Trinajstić information content (AvgIpc) is 2.82. The van der Waals surface area contributed by atoms with E-state index in [1.165, 1.54) is 5.56 Å². The van der Waals surface area contributed by atoms with Crippen LogP contribution in [0.15, 0.2) is 48.5 Å². The fourth-order valence-electron chi connectivity index (χ4n) is 4.00. The van der Waals surface area contributed by atoms with Crippen molar-refractivity contribution in [1.29, 1.82) is 0 Å². The first-order chi connectivity index (χ1) is 15.2. The summed E-state index contributed by atoms with van der Waals surface area (Å²) < 4.78 is 5.55. The summed E-state index contributed by atoms with van der Waals surface area (Å²) in [6.45, 7) is 13.8. The van der Waals surface area contributed by atoms with Gasteiger partial charge >= 0.3 is 0 Å². The molecule has 0 bridgehead atoms. The average molecular weight is 426 g/mol. The number of methoxy groups -OCH3 is 1. The highest BCUT2D eigenvalue weighted by molar-refractivity contribution is 5.64. The van der Waals surface area contributed by atoms with E-state index in [-0.39, 0.29) is 0 Å². The largest absolute Gasteiger partial charge is 0.495 e. The van der Waals surface area contributed by atoms with E-state index in [0.29, 0.717) is 0 Å². The molecule has 0 aromatic heterocycles. The molecule has 2 N–H and O–H groups in total. The zero-order valence-electron chi connectivity index (χ0n) is 19.4. The lowest BCUT2D eigenvalue weighted by molar-refractivity contribution is 0.154. The summed E-state index contributed by atoms with van der Waals surface area (Å²) in [6, 6.07) is 17.1. The maximum Gasteiger partial charge on any atom is 0.142 e. The van der Waals surface area contributed by atoms with Gasteiger partial charge in [-0.05, 0) is 43.3 Å². The maximum absolute atomic E-state index is 5.55. The Hall–Kier alpha value is -2.28. The van der Waals surface area contributed by atoms with E-state index in [1.54, 1.807) is 7.11 Å². The molecule has 0 atom stereocenters. The van der Waals surface area contributed by atoms with Crippen molar-refractivity contribution in [2.24, 2.45) is 0 Å². The fraction of sp³-hybridized carbons (Fsp3) is 0.520. The summed E-state index contributed by atoms with van der Waals surface area (Å²) >= 11 is 0. The summed E-state index contributed by atoms with van der Waals surface area (Å²) in [7, 11) is 1.73. The Morgan fingerprint density at radius 1 is 0.968 bits per heavy atom. The molecule has 0 saturated carbocycles. The second kappa shape index (κ2) is 12.5. The SMILES string of the molecule is CCN(CC)CCNc1cc(NN2CCN(CCc3ccccc3)CC2)ccc1OC. The first-order valence-corrected chi connectivity index (χ1v) is 11.6. The monoisotopic (exact) mass is 425 g/mol. The van der Waals surface area contributed by atoms with Crippen molar-refractivity contribution in [1.82, 2.24) is 14.8 Å². The molecule has 6 nitrogen and oxygen atoms in total. The Bertz CT molecular complexity index is 758. The lowest BCUT2D eigenvalue weighted by atomic mass is 10.1. The molecular weight excluding hydrogens is 386 g/mol. The van der Waals surface area contributed by atoms with Crippen molar-refractivity contribution in [2.45, 2.75) is 20.3 Å². The molecule has 1 saturated heterocycles. The van der Waals surface area contributed by atoms with Crippen LogP contribution in [0, 0.1) is 0 Å². The van der Waals surface area contributed by atoms with Crippen LogP contribution in [0.4, 0.5) is 11.4 Å². The molecule has 0 radical (unpaired) electrons. The molecule has 3 rings (SSSR count). The lowest BCUT2D eigenvalue weighted by Gasteiger charge is -2.35. The van der Waals surface area contributed by atoms with Gasteiger partial charge in [0.05, 0.1) is 18.5 Å². The summed E-state index contributed by atoms with van der Waals surface area (Å²) in [6.07, 6.45) is 1.12. The van der Waals surface area contributed by atoms with Crippen molar-refractivity contribution in [3.63, 3.8) is 0 Å². The Morgan fingerprint density at radius 3 is 2.39 bits per heavy atom. The number of hydrogen-bond donors (Lipinski definition) is 2. The molecule has 0 aliphatic carbocycles. The number of ether oxygens (including phenoxy) is 1. The minimum absolute atomic E-state index is 0.885. The fourth-order valence-corrected chi connectivity index (χ4v) is 4.00. The van der Waals surface area contributed by atoms with Crippen LogP contribution >= 0.6 is 0 Å². The van der Waals surface area contributed by atoms with E-state index in [4.69, 9.17) is 4.74 Å². The smallest absolute Gasteiger partial charge is 0.142 e. The number of benzene rings is 2. The topological polar surface area (TPSA) is 43.0 Å². The first-order valence-electron chi connectivity index (χ1n) is 11.6. The molecule has 1 fully saturated rings. The number of rotatable bonds is 12. The Balaban J connectivity index is 1.46. The molecule has 0 unspecified atom stereocenters. The predicted molar refractivity (Wildman–Crippen MR) is 131 cm³/mol. The number of anilines is 2. The van der Waals surface area contributed by atoms with E-state index in [9.17, 15) is 0 Å². The predicted octanol–water partition coefficient (Wildman–Crippen LogP) is 3.64.